The molecule has 0 aliphatic carbocycles. The number of fused-ring (bicyclic) bond motifs is 2. The lowest BCUT2D eigenvalue weighted by molar-refractivity contribution is -0.120. The number of rotatable bonds is 7. The summed E-state index contributed by atoms with van der Waals surface area (Å²) in [6.45, 7) is 10.6. The first kappa shape index (κ1) is 36.2. The number of ether oxygens (including phenoxy) is 1. The topological polar surface area (TPSA) is 131 Å². The minimum Gasteiger partial charge on any atom is -0.474 e. The minimum atomic E-state index is -0.928. The van der Waals surface area contributed by atoms with Gasteiger partial charge in [0.05, 0.1) is 24.1 Å². The Morgan fingerprint density at radius 2 is 1.73 bits per heavy atom. The third-order valence-corrected chi connectivity index (χ3v) is 12.2. The van der Waals surface area contributed by atoms with Crippen molar-refractivity contribution in [1.82, 2.24) is 25.2 Å². The molecule has 4 aromatic rings. The van der Waals surface area contributed by atoms with E-state index < -0.39 is 6.17 Å². The van der Waals surface area contributed by atoms with Gasteiger partial charge in [-0.1, -0.05) is 12.1 Å². The lowest BCUT2D eigenvalue weighted by Gasteiger charge is -2.43. The Morgan fingerprint density at radius 3 is 2.52 bits per heavy atom. The Morgan fingerprint density at radius 1 is 0.893 bits per heavy atom. The quantitative estimate of drug-likeness (QED) is 0.210. The number of hydrogen-bond acceptors (Lipinski definition) is 11. The molecule has 2 aromatic carbocycles. The fourth-order valence-corrected chi connectivity index (χ4v) is 9.10. The lowest BCUT2D eigenvalue weighted by atomic mass is 9.86. The molecule has 0 spiro atoms. The van der Waals surface area contributed by atoms with Gasteiger partial charge >= 0.3 is 6.03 Å². The number of benzene rings is 2. The van der Waals surface area contributed by atoms with E-state index in [1.807, 2.05) is 49.6 Å². The maximum atomic E-state index is 15.9. The number of alkyl halides is 1. The average molecular weight is 761 g/mol. The lowest BCUT2D eigenvalue weighted by Crippen LogP contribution is -2.50. The molecule has 13 nitrogen and oxygen atoms in total. The minimum absolute atomic E-state index is 0.128. The Hall–Kier alpha value is -5.50. The van der Waals surface area contributed by atoms with Crippen molar-refractivity contribution in [2.24, 2.45) is 0 Å². The number of aromatic nitrogens is 3. The van der Waals surface area contributed by atoms with Gasteiger partial charge in [0.2, 0.25) is 17.7 Å². The number of amides is 3. The smallest absolute Gasteiger partial charge is 0.328 e. The highest BCUT2D eigenvalue weighted by Gasteiger charge is 2.35. The summed E-state index contributed by atoms with van der Waals surface area (Å²) in [5.74, 6) is 0.855. The summed E-state index contributed by atoms with van der Waals surface area (Å²) in [6.07, 6.45) is 6.82. The van der Waals surface area contributed by atoms with E-state index >= 15 is 4.39 Å². The molecular formula is C42H49FN10O3. The molecule has 2 atom stereocenters. The van der Waals surface area contributed by atoms with Crippen LogP contribution in [0.1, 0.15) is 59.5 Å². The zero-order valence-electron chi connectivity index (χ0n) is 32.1. The Labute approximate surface area is 326 Å². The number of piperidine rings is 2. The summed E-state index contributed by atoms with van der Waals surface area (Å²) in [6, 6.07) is 14.3. The second-order valence-electron chi connectivity index (χ2n) is 15.7. The van der Waals surface area contributed by atoms with E-state index in [1.165, 1.54) is 0 Å². The number of halogens is 1. The van der Waals surface area contributed by atoms with Crippen molar-refractivity contribution in [3.8, 4) is 5.88 Å². The van der Waals surface area contributed by atoms with Gasteiger partial charge < -0.3 is 25.2 Å². The van der Waals surface area contributed by atoms with Crippen molar-refractivity contribution < 1.29 is 18.7 Å². The first-order valence-corrected chi connectivity index (χ1v) is 20.0. The van der Waals surface area contributed by atoms with E-state index in [4.69, 9.17) is 9.72 Å². The van der Waals surface area contributed by atoms with Crippen molar-refractivity contribution in [3.63, 3.8) is 0 Å². The molecule has 3 saturated heterocycles. The molecule has 3 N–H and O–H groups in total. The van der Waals surface area contributed by atoms with Crippen molar-refractivity contribution in [1.29, 1.82) is 0 Å². The van der Waals surface area contributed by atoms with Gasteiger partial charge in [0, 0.05) is 86.5 Å². The molecule has 3 amide bonds. The third kappa shape index (κ3) is 7.17. The summed E-state index contributed by atoms with van der Waals surface area (Å²) in [4.78, 5) is 46.8. The summed E-state index contributed by atoms with van der Waals surface area (Å²) < 4.78 is 21.6. The molecule has 5 aliphatic heterocycles. The predicted molar refractivity (Wildman–Crippen MR) is 215 cm³/mol. The van der Waals surface area contributed by atoms with Gasteiger partial charge in [0.1, 0.15) is 18.5 Å². The highest BCUT2D eigenvalue weighted by Crippen LogP contribution is 2.37. The molecule has 56 heavy (non-hydrogen) atoms. The van der Waals surface area contributed by atoms with Crippen molar-refractivity contribution >= 4 is 46.3 Å². The van der Waals surface area contributed by atoms with Gasteiger partial charge in [0.25, 0.3) is 0 Å². The first-order chi connectivity index (χ1) is 27.3. The van der Waals surface area contributed by atoms with Gasteiger partial charge in [-0.25, -0.2) is 24.1 Å². The monoisotopic (exact) mass is 760 g/mol. The predicted octanol–water partition coefficient (Wildman–Crippen LogP) is 5.84. The molecule has 7 heterocycles. The van der Waals surface area contributed by atoms with Gasteiger partial charge in [-0.3, -0.25) is 19.9 Å². The second-order valence-corrected chi connectivity index (χ2v) is 15.7. The second kappa shape index (κ2) is 15.2. The highest BCUT2D eigenvalue weighted by molar-refractivity contribution is 6.06. The van der Waals surface area contributed by atoms with Gasteiger partial charge in [0.15, 0.2) is 0 Å². The summed E-state index contributed by atoms with van der Waals surface area (Å²) in [5, 5.41) is 9.22. The van der Waals surface area contributed by atoms with Crippen LogP contribution in [-0.4, -0.2) is 96.4 Å². The molecule has 0 saturated carbocycles. The van der Waals surface area contributed by atoms with Crippen LogP contribution in [0.3, 0.4) is 0 Å². The van der Waals surface area contributed by atoms with E-state index in [-0.39, 0.29) is 17.9 Å². The highest BCUT2D eigenvalue weighted by atomic mass is 19.1. The number of carbonyl (C=O) groups excluding carboxylic acids is 2. The van der Waals surface area contributed by atoms with Crippen LogP contribution in [0.4, 0.5) is 43.6 Å². The molecule has 5 aliphatic rings. The third-order valence-electron chi connectivity index (χ3n) is 12.2. The SMILES string of the molecule is Cc1cc(N2CCC(N3CCC(c4ccc(Nc5ncc6c(n5)CN(c5cnc7c(c5C)NCCO7)CC6)cc4)C(F)C3)CC2)ccc1N1CCC(=O)NC1=O. The zero-order chi connectivity index (χ0) is 38.3. The van der Waals surface area contributed by atoms with Crippen molar-refractivity contribution in [3.05, 3.63) is 82.8 Å². The number of urea groups is 1. The van der Waals surface area contributed by atoms with Crippen molar-refractivity contribution in [2.45, 2.75) is 70.6 Å². The van der Waals surface area contributed by atoms with Crippen LogP contribution < -0.4 is 35.4 Å². The number of pyridine rings is 1. The molecule has 2 unspecified atom stereocenters. The Balaban J connectivity index is 0.772. The van der Waals surface area contributed by atoms with Crippen LogP contribution in [0, 0.1) is 13.8 Å². The summed E-state index contributed by atoms with van der Waals surface area (Å²) in [7, 11) is 0. The van der Waals surface area contributed by atoms with Crippen LogP contribution in [0.2, 0.25) is 0 Å². The number of likely N-dealkylation sites (tertiary alicyclic amines) is 1. The Bertz CT molecular complexity index is 2120. The van der Waals surface area contributed by atoms with E-state index in [0.717, 1.165) is 115 Å². The Kier molecular flexibility index (Phi) is 9.82. The molecule has 9 rings (SSSR count). The van der Waals surface area contributed by atoms with E-state index in [0.29, 0.717) is 50.5 Å². The number of hydrogen-bond donors (Lipinski definition) is 3. The standard InChI is InChI=1S/C42H49FN10O3/c1-26-21-32(7-8-36(26)53-19-13-38(54)49-42(53)55)50-16-10-31(11-17-50)51-18-12-33(34(43)24-51)28-3-5-30(6-4-28)47-41-46-22-29-9-15-52(25-35(29)48-41)37-23-45-40-39(27(37)2)44-14-20-56-40/h3-8,21-23,31,33-34,44H,9-20,24-25H2,1-2H3,(H,46,47,48)(H,49,54,55). The first-order valence-electron chi connectivity index (χ1n) is 20.0. The molecular weight excluding hydrogens is 712 g/mol. The largest absolute Gasteiger partial charge is 0.474 e. The van der Waals surface area contributed by atoms with Crippen molar-refractivity contribution in [2.75, 3.05) is 77.8 Å². The van der Waals surface area contributed by atoms with E-state index in [2.05, 4.69) is 59.7 Å². The molecule has 2 aromatic heterocycles. The molecule has 0 bridgehead atoms. The van der Waals surface area contributed by atoms with E-state index in [1.54, 1.807) is 4.90 Å². The van der Waals surface area contributed by atoms with Crippen LogP contribution in [0.25, 0.3) is 0 Å². The number of anilines is 6. The van der Waals surface area contributed by atoms with Gasteiger partial charge in [-0.05, 0) is 93.1 Å². The van der Waals surface area contributed by atoms with Gasteiger partial charge in [-0.15, -0.1) is 0 Å². The molecule has 14 heteroatoms. The molecule has 3 fully saturated rings. The summed E-state index contributed by atoms with van der Waals surface area (Å²) in [5.41, 5.74) is 10.2. The number of aryl methyl sites for hydroxylation is 1. The number of nitrogens with zero attached hydrogens (tertiary/aromatic N) is 7. The van der Waals surface area contributed by atoms with E-state index in [9.17, 15) is 9.59 Å². The molecule has 0 radical (unpaired) electrons. The maximum absolute atomic E-state index is 15.9. The average Bonchev–Trinajstić information content (AvgIpc) is 3.21. The number of carbonyl (C=O) groups is 2. The molecule has 292 valence electrons. The summed E-state index contributed by atoms with van der Waals surface area (Å²) >= 11 is 0. The normalized spacial score (nSPS) is 21.8. The maximum Gasteiger partial charge on any atom is 0.328 e. The van der Waals surface area contributed by atoms with Gasteiger partial charge in [-0.2, -0.15) is 0 Å². The van der Waals surface area contributed by atoms with Crippen LogP contribution in [-0.2, 0) is 17.8 Å². The van der Waals surface area contributed by atoms with Crippen LogP contribution >= 0.6 is 0 Å². The fourth-order valence-electron chi connectivity index (χ4n) is 9.10. The number of imide groups is 1. The van der Waals surface area contributed by atoms with Crippen LogP contribution in [0.5, 0.6) is 5.88 Å². The fraction of sp³-hybridized carbons (Fsp3) is 0.452. The number of nitrogens with one attached hydrogen (secondary N) is 3. The zero-order valence-corrected chi connectivity index (χ0v) is 32.1. The van der Waals surface area contributed by atoms with Crippen LogP contribution in [0.15, 0.2) is 54.9 Å².